The summed E-state index contributed by atoms with van der Waals surface area (Å²) in [5.74, 6) is 0.149. The standard InChI is InChI=1S/C17H20FN3/c1-12(2)17(20-3)15-6-7-21(11-15)10-14-5-4-13(9-19)8-16(14)18/h4-8,11-12,17,20H,10H2,1-3H3. The van der Waals surface area contributed by atoms with Gasteiger partial charge in [0.25, 0.3) is 0 Å². The summed E-state index contributed by atoms with van der Waals surface area (Å²) >= 11 is 0. The molecule has 110 valence electrons. The zero-order chi connectivity index (χ0) is 15.4. The van der Waals surface area contributed by atoms with Crippen molar-refractivity contribution in [2.75, 3.05) is 7.05 Å². The van der Waals surface area contributed by atoms with Crippen LogP contribution in [0.25, 0.3) is 0 Å². The molecule has 0 bridgehead atoms. The Morgan fingerprint density at radius 3 is 2.67 bits per heavy atom. The van der Waals surface area contributed by atoms with Gasteiger partial charge in [-0.3, -0.25) is 0 Å². The first-order chi connectivity index (χ1) is 10.0. The molecule has 1 atom stereocenters. The maximum absolute atomic E-state index is 13.9. The highest BCUT2D eigenvalue weighted by Crippen LogP contribution is 2.22. The second-order valence-electron chi connectivity index (χ2n) is 5.55. The van der Waals surface area contributed by atoms with E-state index in [9.17, 15) is 4.39 Å². The number of halogens is 1. The van der Waals surface area contributed by atoms with E-state index in [2.05, 4.69) is 25.2 Å². The molecule has 21 heavy (non-hydrogen) atoms. The van der Waals surface area contributed by atoms with Crippen LogP contribution in [0.15, 0.2) is 36.7 Å². The van der Waals surface area contributed by atoms with Crippen LogP contribution in [-0.2, 0) is 6.54 Å². The van der Waals surface area contributed by atoms with Crippen molar-refractivity contribution in [3.63, 3.8) is 0 Å². The lowest BCUT2D eigenvalue weighted by molar-refractivity contribution is 0.442. The highest BCUT2D eigenvalue weighted by molar-refractivity contribution is 5.33. The zero-order valence-corrected chi connectivity index (χ0v) is 12.6. The summed E-state index contributed by atoms with van der Waals surface area (Å²) < 4.78 is 15.9. The number of hydrogen-bond donors (Lipinski definition) is 1. The van der Waals surface area contributed by atoms with Crippen LogP contribution in [0.1, 0.15) is 36.6 Å². The molecular weight excluding hydrogens is 265 g/mol. The summed E-state index contributed by atoms with van der Waals surface area (Å²) in [6.45, 7) is 4.80. The normalized spacial score (nSPS) is 12.4. The minimum absolute atomic E-state index is 0.289. The summed E-state index contributed by atoms with van der Waals surface area (Å²) in [6, 6.07) is 8.89. The molecule has 0 amide bonds. The van der Waals surface area contributed by atoms with Gasteiger partial charge < -0.3 is 9.88 Å². The van der Waals surface area contributed by atoms with Gasteiger partial charge in [-0.1, -0.05) is 19.9 Å². The number of nitrogens with one attached hydrogen (secondary N) is 1. The third-order valence-corrected chi connectivity index (χ3v) is 3.65. The average molecular weight is 285 g/mol. The van der Waals surface area contributed by atoms with E-state index in [0.29, 0.717) is 23.6 Å². The van der Waals surface area contributed by atoms with Crippen LogP contribution < -0.4 is 5.32 Å². The van der Waals surface area contributed by atoms with Gasteiger partial charge in [0.05, 0.1) is 11.6 Å². The lowest BCUT2D eigenvalue weighted by Crippen LogP contribution is -2.21. The number of hydrogen-bond acceptors (Lipinski definition) is 2. The molecular formula is C17H20FN3. The van der Waals surface area contributed by atoms with Gasteiger partial charge in [-0.05, 0) is 36.7 Å². The van der Waals surface area contributed by atoms with Crippen LogP contribution in [0.2, 0.25) is 0 Å². The van der Waals surface area contributed by atoms with Crippen molar-refractivity contribution >= 4 is 0 Å². The average Bonchev–Trinajstić information content (AvgIpc) is 2.89. The van der Waals surface area contributed by atoms with Crippen molar-refractivity contribution in [1.82, 2.24) is 9.88 Å². The highest BCUT2D eigenvalue weighted by Gasteiger charge is 2.14. The fourth-order valence-electron chi connectivity index (χ4n) is 2.57. The Bertz CT molecular complexity index is 652. The molecule has 3 nitrogen and oxygen atoms in total. The van der Waals surface area contributed by atoms with Crippen LogP contribution >= 0.6 is 0 Å². The number of aromatic nitrogens is 1. The largest absolute Gasteiger partial charge is 0.349 e. The summed E-state index contributed by atoms with van der Waals surface area (Å²) in [4.78, 5) is 0. The Hall–Kier alpha value is -2.12. The number of rotatable bonds is 5. The molecule has 2 rings (SSSR count). The second-order valence-corrected chi connectivity index (χ2v) is 5.55. The third kappa shape index (κ3) is 3.50. The first-order valence-electron chi connectivity index (χ1n) is 7.06. The van der Waals surface area contributed by atoms with Gasteiger partial charge in [0.1, 0.15) is 5.82 Å². The minimum atomic E-state index is -0.335. The SMILES string of the molecule is CNC(c1ccn(Cc2ccc(C#N)cc2F)c1)C(C)C. The number of nitrogens with zero attached hydrogens (tertiary/aromatic N) is 2. The summed E-state index contributed by atoms with van der Waals surface area (Å²) in [6.07, 6.45) is 4.00. The van der Waals surface area contributed by atoms with E-state index < -0.39 is 0 Å². The summed E-state index contributed by atoms with van der Waals surface area (Å²) in [5, 5.41) is 12.1. The van der Waals surface area contributed by atoms with Crippen LogP contribution in [0.5, 0.6) is 0 Å². The fourth-order valence-corrected chi connectivity index (χ4v) is 2.57. The topological polar surface area (TPSA) is 40.8 Å². The molecule has 4 heteroatoms. The van der Waals surface area contributed by atoms with E-state index in [0.717, 1.165) is 0 Å². The molecule has 0 spiro atoms. The quantitative estimate of drug-likeness (QED) is 0.914. The molecule has 0 saturated heterocycles. The van der Waals surface area contributed by atoms with Crippen molar-refractivity contribution in [2.24, 2.45) is 5.92 Å². The lowest BCUT2D eigenvalue weighted by atomic mass is 9.99. The monoisotopic (exact) mass is 285 g/mol. The van der Waals surface area contributed by atoms with E-state index >= 15 is 0 Å². The maximum Gasteiger partial charge on any atom is 0.129 e. The van der Waals surface area contributed by atoms with Crippen LogP contribution in [-0.4, -0.2) is 11.6 Å². The van der Waals surface area contributed by atoms with E-state index in [-0.39, 0.29) is 11.9 Å². The molecule has 0 aliphatic rings. The van der Waals surface area contributed by atoms with E-state index in [1.807, 2.05) is 30.1 Å². The summed E-state index contributed by atoms with van der Waals surface area (Å²) in [7, 11) is 1.95. The molecule has 0 radical (unpaired) electrons. The Morgan fingerprint density at radius 1 is 1.33 bits per heavy atom. The van der Waals surface area contributed by atoms with E-state index in [1.54, 1.807) is 12.1 Å². The molecule has 0 saturated carbocycles. The Kier molecular flexibility index (Phi) is 4.77. The second kappa shape index (κ2) is 6.55. The van der Waals surface area contributed by atoms with Crippen molar-refractivity contribution in [1.29, 1.82) is 5.26 Å². The van der Waals surface area contributed by atoms with Gasteiger partial charge in [-0.15, -0.1) is 0 Å². The fraction of sp³-hybridized carbons (Fsp3) is 0.353. The molecule has 0 fully saturated rings. The molecule has 1 N–H and O–H groups in total. The molecule has 0 aliphatic carbocycles. The molecule has 0 aliphatic heterocycles. The van der Waals surface area contributed by atoms with Crippen molar-refractivity contribution < 1.29 is 4.39 Å². The maximum atomic E-state index is 13.9. The lowest BCUT2D eigenvalue weighted by Gasteiger charge is -2.18. The predicted molar refractivity (Wildman–Crippen MR) is 81.3 cm³/mol. The molecule has 2 aromatic rings. The minimum Gasteiger partial charge on any atom is -0.349 e. The first kappa shape index (κ1) is 15.3. The van der Waals surface area contributed by atoms with E-state index in [1.165, 1.54) is 11.6 Å². The van der Waals surface area contributed by atoms with Gasteiger partial charge >= 0.3 is 0 Å². The molecule has 1 heterocycles. The third-order valence-electron chi connectivity index (χ3n) is 3.65. The van der Waals surface area contributed by atoms with Crippen LogP contribution in [0, 0.1) is 23.1 Å². The Balaban J connectivity index is 2.18. The van der Waals surface area contributed by atoms with Gasteiger partial charge in [-0.2, -0.15) is 5.26 Å². The van der Waals surface area contributed by atoms with Crippen molar-refractivity contribution in [2.45, 2.75) is 26.4 Å². The van der Waals surface area contributed by atoms with Crippen molar-refractivity contribution in [3.8, 4) is 6.07 Å². The highest BCUT2D eigenvalue weighted by atomic mass is 19.1. The van der Waals surface area contributed by atoms with E-state index in [4.69, 9.17) is 5.26 Å². The predicted octanol–water partition coefficient (Wildman–Crippen LogP) is 3.46. The van der Waals surface area contributed by atoms with Gasteiger partial charge in [0, 0.05) is 30.5 Å². The smallest absolute Gasteiger partial charge is 0.129 e. The van der Waals surface area contributed by atoms with Crippen LogP contribution in [0.4, 0.5) is 4.39 Å². The summed E-state index contributed by atoms with van der Waals surface area (Å²) in [5.41, 5.74) is 2.13. The number of benzene rings is 1. The van der Waals surface area contributed by atoms with Gasteiger partial charge in [-0.25, -0.2) is 4.39 Å². The Morgan fingerprint density at radius 2 is 2.10 bits per heavy atom. The van der Waals surface area contributed by atoms with Gasteiger partial charge in [0.15, 0.2) is 0 Å². The molecule has 1 aromatic heterocycles. The van der Waals surface area contributed by atoms with Gasteiger partial charge in [0.2, 0.25) is 0 Å². The zero-order valence-electron chi connectivity index (χ0n) is 12.6. The van der Waals surface area contributed by atoms with Crippen molar-refractivity contribution in [3.05, 3.63) is 59.2 Å². The molecule has 1 unspecified atom stereocenters. The number of nitriles is 1. The first-order valence-corrected chi connectivity index (χ1v) is 7.06. The Labute approximate surface area is 125 Å². The van der Waals surface area contributed by atoms with Crippen LogP contribution in [0.3, 0.4) is 0 Å². The molecule has 1 aromatic carbocycles.